The summed E-state index contributed by atoms with van der Waals surface area (Å²) in [7, 11) is 0. The molecule has 1 aliphatic carbocycles. The van der Waals surface area contributed by atoms with Crippen LogP contribution in [0, 0.1) is 28.6 Å². The summed E-state index contributed by atoms with van der Waals surface area (Å²) >= 11 is 0. The first-order valence-corrected chi connectivity index (χ1v) is 12.0. The fourth-order valence-corrected chi connectivity index (χ4v) is 4.89. The summed E-state index contributed by atoms with van der Waals surface area (Å²) < 4.78 is 5.82. The number of aromatic carboxylic acids is 1. The molecular formula is C28H32N2O3. The molecule has 1 saturated carbocycles. The van der Waals surface area contributed by atoms with Crippen LogP contribution < -0.4 is 4.74 Å². The first kappa shape index (κ1) is 24.3. The van der Waals surface area contributed by atoms with Gasteiger partial charge in [-0.25, -0.2) is 4.79 Å². The molecule has 0 amide bonds. The monoisotopic (exact) mass is 444 g/mol. The van der Waals surface area contributed by atoms with Gasteiger partial charge in [-0.3, -0.25) is 0 Å². The van der Waals surface area contributed by atoms with Crippen molar-refractivity contribution in [3.05, 3.63) is 52.6 Å². The van der Waals surface area contributed by atoms with E-state index >= 15 is 0 Å². The van der Waals surface area contributed by atoms with Gasteiger partial charge in [-0.2, -0.15) is 10.5 Å². The van der Waals surface area contributed by atoms with E-state index in [2.05, 4.69) is 19.9 Å². The molecule has 33 heavy (non-hydrogen) atoms. The molecule has 0 heterocycles. The highest BCUT2D eigenvalue weighted by atomic mass is 16.5. The molecule has 5 nitrogen and oxygen atoms in total. The van der Waals surface area contributed by atoms with E-state index in [1.165, 1.54) is 0 Å². The fourth-order valence-electron chi connectivity index (χ4n) is 4.89. The van der Waals surface area contributed by atoms with Gasteiger partial charge in [-0.15, -0.1) is 0 Å². The Morgan fingerprint density at radius 1 is 1.03 bits per heavy atom. The summed E-state index contributed by atoms with van der Waals surface area (Å²) in [5, 5.41) is 29.5. The second-order valence-electron chi connectivity index (χ2n) is 8.87. The first-order chi connectivity index (χ1) is 16.0. The number of rotatable bonds is 9. The Bertz CT molecular complexity index is 1050. The molecule has 0 atom stereocenters. The quantitative estimate of drug-likeness (QED) is 0.418. The molecular weight excluding hydrogens is 412 g/mol. The van der Waals surface area contributed by atoms with Crippen LogP contribution in [0.2, 0.25) is 0 Å². The van der Waals surface area contributed by atoms with Gasteiger partial charge in [-0.1, -0.05) is 45.2 Å². The molecule has 1 fully saturated rings. The van der Waals surface area contributed by atoms with Gasteiger partial charge in [0.2, 0.25) is 0 Å². The van der Waals surface area contributed by atoms with Crippen molar-refractivity contribution in [1.82, 2.24) is 0 Å². The third kappa shape index (κ3) is 5.55. The van der Waals surface area contributed by atoms with Crippen molar-refractivity contribution in [3.63, 3.8) is 0 Å². The number of nitriles is 2. The topological polar surface area (TPSA) is 94.1 Å². The predicted octanol–water partition coefficient (Wildman–Crippen LogP) is 7.05. The lowest BCUT2D eigenvalue weighted by atomic mass is 9.73. The standard InChI is InChI=1S/C28H32N2O3/c1-3-5-6-15-33-22-13-11-20(12-14-22)23-16-24(28(31)32)25(17-29)26(18-30)27(23)21-9-7-19(4-2)8-10-21/h11-14,16,19,21H,3-10,15H2,1-2H3,(H,31,32). The Labute approximate surface area is 196 Å². The van der Waals surface area contributed by atoms with Crippen molar-refractivity contribution in [1.29, 1.82) is 10.5 Å². The van der Waals surface area contributed by atoms with Gasteiger partial charge in [0.25, 0.3) is 0 Å². The van der Waals surface area contributed by atoms with Crippen LogP contribution in [-0.2, 0) is 0 Å². The average Bonchev–Trinajstić information content (AvgIpc) is 2.85. The largest absolute Gasteiger partial charge is 0.494 e. The normalized spacial score (nSPS) is 17.7. The smallest absolute Gasteiger partial charge is 0.337 e. The van der Waals surface area contributed by atoms with E-state index in [9.17, 15) is 20.4 Å². The number of hydrogen-bond donors (Lipinski definition) is 1. The van der Waals surface area contributed by atoms with Crippen LogP contribution in [0.4, 0.5) is 0 Å². The van der Waals surface area contributed by atoms with Crippen molar-refractivity contribution in [2.75, 3.05) is 6.61 Å². The number of carboxylic acids is 1. The predicted molar refractivity (Wildman–Crippen MR) is 128 cm³/mol. The van der Waals surface area contributed by atoms with Crippen molar-refractivity contribution in [3.8, 4) is 29.0 Å². The SMILES string of the molecule is CCCCCOc1ccc(-c2cc(C(=O)O)c(C#N)c(C#N)c2C2CCC(CC)CC2)cc1. The second-order valence-corrected chi connectivity index (χ2v) is 8.87. The number of carboxylic acid groups (broad SMARTS) is 1. The summed E-state index contributed by atoms with van der Waals surface area (Å²) in [4.78, 5) is 11.9. The molecule has 5 heteroatoms. The number of ether oxygens (including phenoxy) is 1. The number of unbranched alkanes of at least 4 members (excludes halogenated alkanes) is 2. The number of benzene rings is 2. The van der Waals surface area contributed by atoms with E-state index < -0.39 is 5.97 Å². The summed E-state index contributed by atoms with van der Waals surface area (Å²) in [6.07, 6.45) is 8.46. The molecule has 3 rings (SSSR count). The lowest BCUT2D eigenvalue weighted by molar-refractivity contribution is 0.0696. The van der Waals surface area contributed by atoms with E-state index in [0.29, 0.717) is 12.5 Å². The Kier molecular flexibility index (Phi) is 8.50. The molecule has 2 aromatic carbocycles. The lowest BCUT2D eigenvalue weighted by Gasteiger charge is -2.30. The van der Waals surface area contributed by atoms with Gasteiger partial charge in [0.05, 0.1) is 23.3 Å². The lowest BCUT2D eigenvalue weighted by Crippen LogP contribution is -2.16. The minimum Gasteiger partial charge on any atom is -0.494 e. The highest BCUT2D eigenvalue weighted by molar-refractivity contribution is 5.94. The molecule has 172 valence electrons. The Morgan fingerprint density at radius 2 is 1.70 bits per heavy atom. The van der Waals surface area contributed by atoms with Gasteiger partial charge in [0, 0.05) is 0 Å². The zero-order chi connectivity index (χ0) is 23.8. The van der Waals surface area contributed by atoms with Gasteiger partial charge < -0.3 is 9.84 Å². The Morgan fingerprint density at radius 3 is 2.24 bits per heavy atom. The third-order valence-corrected chi connectivity index (χ3v) is 6.84. The van der Waals surface area contributed by atoms with Gasteiger partial charge in [-0.05, 0) is 78.8 Å². The average molecular weight is 445 g/mol. The van der Waals surface area contributed by atoms with Gasteiger partial charge in [0.1, 0.15) is 17.9 Å². The minimum absolute atomic E-state index is 0.0303. The molecule has 0 spiro atoms. The molecule has 1 aliphatic rings. The maximum absolute atomic E-state index is 11.9. The highest BCUT2D eigenvalue weighted by Crippen LogP contribution is 2.44. The van der Waals surface area contributed by atoms with E-state index in [0.717, 1.165) is 73.8 Å². The van der Waals surface area contributed by atoms with E-state index in [1.54, 1.807) is 6.07 Å². The third-order valence-electron chi connectivity index (χ3n) is 6.84. The van der Waals surface area contributed by atoms with E-state index in [-0.39, 0.29) is 22.6 Å². The summed E-state index contributed by atoms with van der Waals surface area (Å²) in [6, 6.07) is 13.4. The van der Waals surface area contributed by atoms with Crippen LogP contribution in [0.5, 0.6) is 5.75 Å². The van der Waals surface area contributed by atoms with Crippen LogP contribution in [-0.4, -0.2) is 17.7 Å². The molecule has 0 radical (unpaired) electrons. The first-order valence-electron chi connectivity index (χ1n) is 12.0. The molecule has 0 aromatic heterocycles. The summed E-state index contributed by atoms with van der Waals surface area (Å²) in [5.41, 5.74) is 2.47. The van der Waals surface area contributed by atoms with Crippen LogP contribution in [0.3, 0.4) is 0 Å². The molecule has 1 N–H and O–H groups in total. The van der Waals surface area contributed by atoms with Crippen LogP contribution in [0.25, 0.3) is 11.1 Å². The van der Waals surface area contributed by atoms with Gasteiger partial charge >= 0.3 is 5.97 Å². The molecule has 0 unspecified atom stereocenters. The van der Waals surface area contributed by atoms with E-state index in [4.69, 9.17) is 4.74 Å². The number of hydrogen-bond acceptors (Lipinski definition) is 4. The Balaban J connectivity index is 2.06. The molecule has 2 aromatic rings. The summed E-state index contributed by atoms with van der Waals surface area (Å²) in [5.74, 6) is 0.402. The maximum Gasteiger partial charge on any atom is 0.337 e. The Hall–Kier alpha value is -3.31. The highest BCUT2D eigenvalue weighted by Gasteiger charge is 2.30. The number of carbonyl (C=O) groups is 1. The van der Waals surface area contributed by atoms with Crippen LogP contribution >= 0.6 is 0 Å². The fraction of sp³-hybridized carbons (Fsp3) is 0.464. The summed E-state index contributed by atoms with van der Waals surface area (Å²) in [6.45, 7) is 5.02. The zero-order valence-corrected chi connectivity index (χ0v) is 19.6. The van der Waals surface area contributed by atoms with E-state index in [1.807, 2.05) is 30.3 Å². The van der Waals surface area contributed by atoms with Gasteiger partial charge in [0.15, 0.2) is 0 Å². The van der Waals surface area contributed by atoms with Crippen molar-refractivity contribution >= 4 is 5.97 Å². The van der Waals surface area contributed by atoms with Crippen molar-refractivity contribution in [2.24, 2.45) is 5.92 Å². The zero-order valence-electron chi connectivity index (χ0n) is 19.6. The van der Waals surface area contributed by atoms with Crippen LogP contribution in [0.15, 0.2) is 30.3 Å². The molecule has 0 aliphatic heterocycles. The minimum atomic E-state index is -1.19. The van der Waals surface area contributed by atoms with Crippen molar-refractivity contribution < 1.29 is 14.6 Å². The van der Waals surface area contributed by atoms with Crippen molar-refractivity contribution in [2.45, 2.75) is 71.1 Å². The number of nitrogens with zero attached hydrogens (tertiary/aromatic N) is 2. The maximum atomic E-state index is 11.9. The van der Waals surface area contributed by atoms with Crippen LogP contribution in [0.1, 0.15) is 98.2 Å². The second kappa shape index (κ2) is 11.5. The molecule has 0 bridgehead atoms. The molecule has 0 saturated heterocycles.